The normalized spacial score (nSPS) is 33.2. The SMILES string of the molecule is CC(C)(C)OC(=O)N1CCC(CO)C2CC21. The van der Waals surface area contributed by atoms with Crippen LogP contribution in [0.2, 0.25) is 0 Å². The highest BCUT2D eigenvalue weighted by atomic mass is 16.6. The Balaban J connectivity index is 1.91. The number of amides is 1. The lowest BCUT2D eigenvalue weighted by Crippen LogP contribution is -2.43. The molecule has 1 amide bonds. The number of hydrogen-bond acceptors (Lipinski definition) is 3. The highest BCUT2D eigenvalue weighted by Crippen LogP contribution is 2.46. The molecule has 92 valence electrons. The lowest BCUT2D eigenvalue weighted by Gasteiger charge is -2.32. The predicted molar refractivity (Wildman–Crippen MR) is 60.0 cm³/mol. The van der Waals surface area contributed by atoms with Gasteiger partial charge < -0.3 is 14.7 Å². The third-order valence-electron chi connectivity index (χ3n) is 3.41. The Labute approximate surface area is 96.6 Å². The maximum atomic E-state index is 11.9. The van der Waals surface area contributed by atoms with Gasteiger partial charge in [-0.1, -0.05) is 0 Å². The van der Waals surface area contributed by atoms with E-state index in [4.69, 9.17) is 9.84 Å². The van der Waals surface area contributed by atoms with E-state index in [9.17, 15) is 4.79 Å². The van der Waals surface area contributed by atoms with Crippen molar-refractivity contribution in [2.45, 2.75) is 45.3 Å². The topological polar surface area (TPSA) is 49.8 Å². The molecule has 4 nitrogen and oxygen atoms in total. The fraction of sp³-hybridized carbons (Fsp3) is 0.917. The molecule has 0 aromatic carbocycles. The number of likely N-dealkylation sites (tertiary alicyclic amines) is 1. The van der Waals surface area contributed by atoms with Crippen molar-refractivity contribution < 1.29 is 14.6 Å². The van der Waals surface area contributed by atoms with Gasteiger partial charge in [0.1, 0.15) is 5.60 Å². The third-order valence-corrected chi connectivity index (χ3v) is 3.41. The molecule has 2 rings (SSSR count). The van der Waals surface area contributed by atoms with Gasteiger partial charge >= 0.3 is 6.09 Å². The Hall–Kier alpha value is -0.770. The highest BCUT2D eigenvalue weighted by Gasteiger charge is 2.51. The van der Waals surface area contributed by atoms with Gasteiger partial charge in [0.15, 0.2) is 0 Å². The molecule has 4 heteroatoms. The average molecular weight is 227 g/mol. The molecule has 16 heavy (non-hydrogen) atoms. The van der Waals surface area contributed by atoms with Crippen molar-refractivity contribution in [3.8, 4) is 0 Å². The summed E-state index contributed by atoms with van der Waals surface area (Å²) in [5, 5.41) is 9.16. The molecule has 2 fully saturated rings. The minimum absolute atomic E-state index is 0.198. The van der Waals surface area contributed by atoms with Crippen molar-refractivity contribution in [1.82, 2.24) is 4.90 Å². The van der Waals surface area contributed by atoms with Crippen LogP contribution >= 0.6 is 0 Å². The molecule has 1 saturated heterocycles. The molecule has 1 heterocycles. The summed E-state index contributed by atoms with van der Waals surface area (Å²) in [6.07, 6.45) is 1.73. The number of piperidine rings is 1. The van der Waals surface area contributed by atoms with E-state index in [-0.39, 0.29) is 12.7 Å². The van der Waals surface area contributed by atoms with Crippen LogP contribution in [0.3, 0.4) is 0 Å². The average Bonchev–Trinajstić information content (AvgIpc) is 2.92. The maximum Gasteiger partial charge on any atom is 0.410 e. The molecule has 1 N–H and O–H groups in total. The zero-order chi connectivity index (χ0) is 11.9. The predicted octanol–water partition coefficient (Wildman–Crippen LogP) is 1.62. The number of aliphatic hydroxyl groups excluding tert-OH is 1. The summed E-state index contributed by atoms with van der Waals surface area (Å²) in [4.78, 5) is 13.7. The molecular weight excluding hydrogens is 206 g/mol. The number of fused-ring (bicyclic) bond motifs is 1. The van der Waals surface area contributed by atoms with Crippen LogP contribution in [0.5, 0.6) is 0 Å². The van der Waals surface area contributed by atoms with E-state index in [0.717, 1.165) is 19.4 Å². The summed E-state index contributed by atoms with van der Waals surface area (Å²) in [5.74, 6) is 0.898. The van der Waals surface area contributed by atoms with E-state index in [1.165, 1.54) is 0 Å². The molecule has 1 aliphatic heterocycles. The van der Waals surface area contributed by atoms with Gasteiger partial charge in [0.05, 0.1) is 0 Å². The van der Waals surface area contributed by atoms with E-state index >= 15 is 0 Å². The van der Waals surface area contributed by atoms with Crippen molar-refractivity contribution in [1.29, 1.82) is 0 Å². The Kier molecular flexibility index (Phi) is 2.86. The summed E-state index contributed by atoms with van der Waals surface area (Å²) >= 11 is 0. The second kappa shape index (κ2) is 3.91. The van der Waals surface area contributed by atoms with Gasteiger partial charge in [-0.3, -0.25) is 0 Å². The van der Waals surface area contributed by atoms with Crippen molar-refractivity contribution >= 4 is 6.09 Å². The van der Waals surface area contributed by atoms with Crippen molar-refractivity contribution in [3.63, 3.8) is 0 Å². The van der Waals surface area contributed by atoms with Gasteiger partial charge in [0.25, 0.3) is 0 Å². The lowest BCUT2D eigenvalue weighted by molar-refractivity contribution is 0.0138. The maximum absolute atomic E-state index is 11.9. The van der Waals surface area contributed by atoms with Gasteiger partial charge in [-0.2, -0.15) is 0 Å². The van der Waals surface area contributed by atoms with Gasteiger partial charge in [-0.05, 0) is 45.4 Å². The minimum atomic E-state index is -0.421. The molecule has 3 atom stereocenters. The number of carbonyl (C=O) groups is 1. The van der Waals surface area contributed by atoms with Crippen LogP contribution in [0, 0.1) is 11.8 Å². The first-order chi connectivity index (χ1) is 7.42. The molecule has 3 unspecified atom stereocenters. The fourth-order valence-corrected chi connectivity index (χ4v) is 2.52. The zero-order valence-electron chi connectivity index (χ0n) is 10.3. The largest absolute Gasteiger partial charge is 0.444 e. The van der Waals surface area contributed by atoms with Gasteiger partial charge in [-0.25, -0.2) is 4.79 Å². The summed E-state index contributed by atoms with van der Waals surface area (Å²) in [5.41, 5.74) is -0.421. The Bertz CT molecular complexity index is 284. The van der Waals surface area contributed by atoms with Crippen LogP contribution in [0.15, 0.2) is 0 Å². The van der Waals surface area contributed by atoms with E-state index in [1.54, 1.807) is 0 Å². The Morgan fingerprint density at radius 1 is 1.50 bits per heavy atom. The minimum Gasteiger partial charge on any atom is -0.444 e. The van der Waals surface area contributed by atoms with Crippen LogP contribution in [-0.2, 0) is 4.74 Å². The molecule has 0 aromatic rings. The van der Waals surface area contributed by atoms with Crippen LogP contribution in [-0.4, -0.2) is 40.9 Å². The van der Waals surface area contributed by atoms with Gasteiger partial charge in [0.2, 0.25) is 0 Å². The van der Waals surface area contributed by atoms with Gasteiger partial charge in [-0.15, -0.1) is 0 Å². The standard InChI is InChI=1S/C12H21NO3/c1-12(2,3)16-11(15)13-5-4-8(7-14)9-6-10(9)13/h8-10,14H,4-7H2,1-3H3. The monoisotopic (exact) mass is 227 g/mol. The molecule has 1 aliphatic carbocycles. The molecule has 0 aromatic heterocycles. The van der Waals surface area contributed by atoms with Crippen molar-refractivity contribution in [3.05, 3.63) is 0 Å². The van der Waals surface area contributed by atoms with Crippen LogP contribution < -0.4 is 0 Å². The quantitative estimate of drug-likeness (QED) is 0.740. The van der Waals surface area contributed by atoms with Crippen molar-refractivity contribution in [2.24, 2.45) is 11.8 Å². The third kappa shape index (κ3) is 2.32. The molecular formula is C12H21NO3. The fourth-order valence-electron chi connectivity index (χ4n) is 2.52. The number of aliphatic hydroxyl groups is 1. The zero-order valence-corrected chi connectivity index (χ0v) is 10.3. The summed E-state index contributed by atoms with van der Waals surface area (Å²) in [7, 11) is 0. The summed E-state index contributed by atoms with van der Waals surface area (Å²) in [6, 6.07) is 0.320. The Morgan fingerprint density at radius 2 is 2.19 bits per heavy atom. The van der Waals surface area contributed by atoms with Crippen molar-refractivity contribution in [2.75, 3.05) is 13.2 Å². The Morgan fingerprint density at radius 3 is 2.75 bits per heavy atom. The number of rotatable bonds is 1. The van der Waals surface area contributed by atoms with Crippen LogP contribution in [0.4, 0.5) is 4.79 Å². The molecule has 1 saturated carbocycles. The number of ether oxygens (including phenoxy) is 1. The number of hydrogen-bond donors (Lipinski definition) is 1. The van der Waals surface area contributed by atoms with Crippen LogP contribution in [0.1, 0.15) is 33.6 Å². The molecule has 2 aliphatic rings. The van der Waals surface area contributed by atoms with Crippen LogP contribution in [0.25, 0.3) is 0 Å². The van der Waals surface area contributed by atoms with E-state index in [2.05, 4.69) is 0 Å². The van der Waals surface area contributed by atoms with E-state index in [1.807, 2.05) is 25.7 Å². The number of carbonyl (C=O) groups excluding carboxylic acids is 1. The summed E-state index contributed by atoms with van der Waals surface area (Å²) < 4.78 is 5.37. The number of nitrogens with zero attached hydrogens (tertiary/aromatic N) is 1. The van der Waals surface area contributed by atoms with Gasteiger partial charge in [0, 0.05) is 19.2 Å². The highest BCUT2D eigenvalue weighted by molar-refractivity contribution is 5.69. The first-order valence-electron chi connectivity index (χ1n) is 6.03. The molecule has 0 radical (unpaired) electrons. The second-order valence-corrected chi connectivity index (χ2v) is 5.87. The van der Waals surface area contributed by atoms with E-state index < -0.39 is 5.60 Å². The lowest BCUT2D eigenvalue weighted by atomic mass is 9.97. The second-order valence-electron chi connectivity index (χ2n) is 5.87. The van der Waals surface area contributed by atoms with E-state index in [0.29, 0.717) is 17.9 Å². The first kappa shape index (κ1) is 11.7. The molecule has 0 spiro atoms. The molecule has 0 bridgehead atoms. The summed E-state index contributed by atoms with van der Waals surface area (Å²) in [6.45, 7) is 6.63. The smallest absolute Gasteiger partial charge is 0.410 e. The first-order valence-corrected chi connectivity index (χ1v) is 6.03.